The fourth-order valence-corrected chi connectivity index (χ4v) is 5.85. The van der Waals surface area contributed by atoms with Gasteiger partial charge in [0.05, 0.1) is 17.4 Å². The third-order valence-electron chi connectivity index (χ3n) is 6.11. The second kappa shape index (κ2) is 12.0. The van der Waals surface area contributed by atoms with Crippen molar-refractivity contribution < 1.29 is 36.7 Å². The molecule has 0 saturated carbocycles. The number of nitrogens with one attached hydrogen (secondary N) is 2. The highest BCUT2D eigenvalue weighted by Crippen LogP contribution is 2.27. The maximum absolute atomic E-state index is 13.6. The van der Waals surface area contributed by atoms with Crippen molar-refractivity contribution in [2.45, 2.75) is 23.5 Å². The van der Waals surface area contributed by atoms with Crippen LogP contribution in [0.2, 0.25) is 5.02 Å². The minimum Gasteiger partial charge on any atom is -0.481 e. The number of carbonyl (C=O) groups is 3. The first-order valence-electron chi connectivity index (χ1n) is 11.8. The molecule has 3 N–H and O–H groups in total. The summed E-state index contributed by atoms with van der Waals surface area (Å²) < 4.78 is 54.7. The summed E-state index contributed by atoms with van der Waals surface area (Å²) in [5, 5.41) is 14.9. The number of hydrogen-bond donors (Lipinski definition) is 3. The normalized spacial score (nSPS) is 16.4. The number of urea groups is 1. The molecule has 3 aromatic rings. The Kier molecular flexibility index (Phi) is 8.67. The number of nitrogens with zero attached hydrogens (tertiary/aromatic N) is 2. The number of benzene rings is 3. The van der Waals surface area contributed by atoms with Crippen molar-refractivity contribution in [2.24, 2.45) is 0 Å². The van der Waals surface area contributed by atoms with E-state index in [2.05, 4.69) is 10.6 Å². The summed E-state index contributed by atoms with van der Waals surface area (Å²) in [6, 6.07) is 12.8. The molecule has 10 nitrogen and oxygen atoms in total. The number of amides is 3. The molecular weight excluding hydrogens is 570 g/mol. The van der Waals surface area contributed by atoms with Crippen LogP contribution in [0.5, 0.6) is 0 Å². The Labute approximate surface area is 233 Å². The minimum absolute atomic E-state index is 0.196. The molecule has 0 spiro atoms. The van der Waals surface area contributed by atoms with E-state index in [1.807, 2.05) is 0 Å². The summed E-state index contributed by atoms with van der Waals surface area (Å²) in [7, 11) is -4.42. The van der Waals surface area contributed by atoms with Gasteiger partial charge in [-0.25, -0.2) is 22.0 Å². The molecule has 1 fully saturated rings. The second-order valence-corrected chi connectivity index (χ2v) is 11.1. The summed E-state index contributed by atoms with van der Waals surface area (Å²) in [4.78, 5) is 39.1. The van der Waals surface area contributed by atoms with Gasteiger partial charge in [0.2, 0.25) is 10.0 Å². The molecule has 1 saturated heterocycles. The van der Waals surface area contributed by atoms with Crippen molar-refractivity contribution in [2.75, 3.05) is 18.4 Å². The number of halogens is 3. The van der Waals surface area contributed by atoms with Gasteiger partial charge in [0, 0.05) is 23.8 Å². The zero-order chi connectivity index (χ0) is 29.0. The van der Waals surface area contributed by atoms with E-state index in [0.717, 1.165) is 45.6 Å². The van der Waals surface area contributed by atoms with Crippen LogP contribution in [0.4, 0.5) is 19.3 Å². The molecule has 3 amide bonds. The van der Waals surface area contributed by atoms with E-state index in [-0.39, 0.29) is 23.5 Å². The standard InChI is InChI=1S/C26H23ClF2N4O6S/c27-17-3-9-20(10-4-17)30-26(37)32-13-14-33(40(38,39)21-11-7-19(29)8-12-21)25(32)24(36)31-22(15-23(34)35)16-1-5-18(28)6-2-16/h1-12,22,25H,13-15H2,(H,30,37)(H,31,36)(H,34,35). The SMILES string of the molecule is O=C(O)CC(NC(=O)C1N(C(=O)Nc2ccc(Cl)cc2)CCN1S(=O)(=O)c1ccc(F)cc1)c1ccc(F)cc1. The number of aliphatic carboxylic acids is 1. The molecule has 2 atom stereocenters. The third-order valence-corrected chi connectivity index (χ3v) is 8.23. The van der Waals surface area contributed by atoms with Crippen molar-refractivity contribution in [1.82, 2.24) is 14.5 Å². The number of sulfonamides is 1. The van der Waals surface area contributed by atoms with Crippen molar-refractivity contribution in [1.29, 1.82) is 0 Å². The van der Waals surface area contributed by atoms with Crippen LogP contribution in [0.3, 0.4) is 0 Å². The zero-order valence-corrected chi connectivity index (χ0v) is 22.2. The van der Waals surface area contributed by atoms with Gasteiger partial charge in [0.25, 0.3) is 5.91 Å². The molecule has 40 heavy (non-hydrogen) atoms. The molecule has 4 rings (SSSR count). The topological polar surface area (TPSA) is 136 Å². The Hall–Kier alpha value is -4.07. The number of rotatable bonds is 8. The molecule has 1 heterocycles. The molecule has 0 aromatic heterocycles. The predicted molar refractivity (Wildman–Crippen MR) is 141 cm³/mol. The van der Waals surface area contributed by atoms with E-state index in [1.54, 1.807) is 0 Å². The van der Waals surface area contributed by atoms with Crippen LogP contribution in [-0.2, 0) is 19.6 Å². The fourth-order valence-electron chi connectivity index (χ4n) is 4.18. The highest BCUT2D eigenvalue weighted by molar-refractivity contribution is 7.89. The summed E-state index contributed by atoms with van der Waals surface area (Å²) in [5.41, 5.74) is 0.573. The lowest BCUT2D eigenvalue weighted by atomic mass is 10.0. The van der Waals surface area contributed by atoms with Crippen LogP contribution >= 0.6 is 11.6 Å². The van der Waals surface area contributed by atoms with Gasteiger partial charge in [-0.05, 0) is 66.2 Å². The molecule has 14 heteroatoms. The predicted octanol–water partition coefficient (Wildman–Crippen LogP) is 3.81. The van der Waals surface area contributed by atoms with Gasteiger partial charge in [0.1, 0.15) is 11.6 Å². The molecule has 2 unspecified atom stereocenters. The Morgan fingerprint density at radius 3 is 2.08 bits per heavy atom. The van der Waals surface area contributed by atoms with Crippen LogP contribution in [0.1, 0.15) is 18.0 Å². The lowest BCUT2D eigenvalue weighted by Gasteiger charge is -2.30. The Morgan fingerprint density at radius 1 is 0.925 bits per heavy atom. The van der Waals surface area contributed by atoms with Gasteiger partial charge >= 0.3 is 12.0 Å². The van der Waals surface area contributed by atoms with Gasteiger partial charge in [-0.2, -0.15) is 4.31 Å². The van der Waals surface area contributed by atoms with E-state index in [9.17, 15) is 36.7 Å². The first-order valence-corrected chi connectivity index (χ1v) is 13.7. The summed E-state index contributed by atoms with van der Waals surface area (Å²) in [6.07, 6.45) is -2.34. The van der Waals surface area contributed by atoms with Crippen LogP contribution in [-0.4, -0.2) is 59.9 Å². The van der Waals surface area contributed by atoms with Gasteiger partial charge in [-0.1, -0.05) is 23.7 Å². The molecule has 210 valence electrons. The number of anilines is 1. The third kappa shape index (κ3) is 6.55. The summed E-state index contributed by atoms with van der Waals surface area (Å²) in [5.74, 6) is -3.53. The average Bonchev–Trinajstić information content (AvgIpc) is 3.37. The van der Waals surface area contributed by atoms with Gasteiger partial charge in [-0.3, -0.25) is 14.5 Å². The van der Waals surface area contributed by atoms with Crippen LogP contribution in [0.15, 0.2) is 77.7 Å². The Bertz CT molecular complexity index is 1510. The molecule has 0 radical (unpaired) electrons. The van der Waals surface area contributed by atoms with Gasteiger partial charge < -0.3 is 15.7 Å². The maximum Gasteiger partial charge on any atom is 0.323 e. The van der Waals surface area contributed by atoms with Crippen molar-refractivity contribution in [3.63, 3.8) is 0 Å². The molecule has 1 aliphatic heterocycles. The van der Waals surface area contributed by atoms with Crippen LogP contribution in [0.25, 0.3) is 0 Å². The molecule has 1 aliphatic rings. The van der Waals surface area contributed by atoms with E-state index in [1.165, 1.54) is 36.4 Å². The maximum atomic E-state index is 13.6. The second-order valence-electron chi connectivity index (χ2n) is 8.78. The molecular formula is C26H23ClF2N4O6S. The fraction of sp³-hybridized carbons (Fsp3) is 0.192. The van der Waals surface area contributed by atoms with Crippen molar-refractivity contribution in [3.8, 4) is 0 Å². The molecule has 3 aromatic carbocycles. The van der Waals surface area contributed by atoms with Crippen molar-refractivity contribution >= 4 is 45.2 Å². The largest absolute Gasteiger partial charge is 0.481 e. The quantitative estimate of drug-likeness (QED) is 0.364. The Balaban J connectivity index is 1.68. The first kappa shape index (κ1) is 28.9. The van der Waals surface area contributed by atoms with E-state index in [4.69, 9.17) is 11.6 Å². The monoisotopic (exact) mass is 592 g/mol. The highest BCUT2D eigenvalue weighted by Gasteiger charge is 2.47. The number of carboxylic acids is 1. The molecule has 0 aliphatic carbocycles. The number of carbonyl (C=O) groups excluding carboxylic acids is 2. The number of hydrogen-bond acceptors (Lipinski definition) is 5. The van der Waals surface area contributed by atoms with Crippen LogP contribution < -0.4 is 10.6 Å². The first-order chi connectivity index (χ1) is 19.0. The van der Waals surface area contributed by atoms with Crippen molar-refractivity contribution in [3.05, 3.63) is 95.0 Å². The highest BCUT2D eigenvalue weighted by atomic mass is 35.5. The minimum atomic E-state index is -4.42. The van der Waals surface area contributed by atoms with E-state index in [0.29, 0.717) is 10.7 Å². The number of carboxylic acid groups (broad SMARTS) is 1. The van der Waals surface area contributed by atoms with E-state index >= 15 is 0 Å². The van der Waals surface area contributed by atoms with Gasteiger partial charge in [-0.15, -0.1) is 0 Å². The Morgan fingerprint density at radius 2 is 1.50 bits per heavy atom. The molecule has 0 bridgehead atoms. The lowest BCUT2D eigenvalue weighted by Crippen LogP contribution is -2.55. The summed E-state index contributed by atoms with van der Waals surface area (Å²) >= 11 is 5.89. The van der Waals surface area contributed by atoms with Gasteiger partial charge in [0.15, 0.2) is 6.17 Å². The van der Waals surface area contributed by atoms with E-state index < -0.39 is 58.2 Å². The summed E-state index contributed by atoms with van der Waals surface area (Å²) in [6.45, 7) is -0.482. The zero-order valence-electron chi connectivity index (χ0n) is 20.6. The van der Waals surface area contributed by atoms with Crippen LogP contribution in [0, 0.1) is 11.6 Å². The smallest absolute Gasteiger partial charge is 0.323 e. The average molecular weight is 593 g/mol. The lowest BCUT2D eigenvalue weighted by molar-refractivity contribution is -0.138.